The fraction of sp³-hybridized carbons (Fsp3) is 0.786. The lowest BCUT2D eigenvalue weighted by atomic mass is 9.99. The first-order valence-electron chi connectivity index (χ1n) is 7.34. The zero-order valence-corrected chi connectivity index (χ0v) is 12.6. The van der Waals surface area contributed by atoms with Crippen molar-refractivity contribution in [2.75, 3.05) is 26.7 Å². The normalized spacial score (nSPS) is 25.6. The van der Waals surface area contributed by atoms with E-state index in [9.17, 15) is 19.5 Å². The molecule has 7 heteroatoms. The van der Waals surface area contributed by atoms with Crippen LogP contribution in [0.15, 0.2) is 0 Å². The maximum atomic E-state index is 12.2. The Bertz CT molecular complexity index is 450. The zero-order chi connectivity index (χ0) is 15.6. The van der Waals surface area contributed by atoms with Gasteiger partial charge in [-0.1, -0.05) is 0 Å². The van der Waals surface area contributed by atoms with Gasteiger partial charge >= 0.3 is 5.97 Å². The van der Waals surface area contributed by atoms with Crippen molar-refractivity contribution in [3.05, 3.63) is 0 Å². The van der Waals surface area contributed by atoms with Gasteiger partial charge in [0.1, 0.15) is 5.54 Å². The Morgan fingerprint density at radius 3 is 2.62 bits per heavy atom. The molecule has 0 aromatic carbocycles. The minimum Gasteiger partial charge on any atom is -0.480 e. The third-order valence-electron chi connectivity index (χ3n) is 4.33. The molecule has 1 heterocycles. The minimum atomic E-state index is -0.979. The number of aliphatic carboxylic acids is 1. The van der Waals surface area contributed by atoms with Gasteiger partial charge in [0.15, 0.2) is 0 Å². The highest BCUT2D eigenvalue weighted by atomic mass is 16.4. The molecule has 1 aliphatic carbocycles. The van der Waals surface area contributed by atoms with E-state index in [1.54, 1.807) is 18.9 Å². The maximum Gasteiger partial charge on any atom is 0.323 e. The van der Waals surface area contributed by atoms with Gasteiger partial charge in [-0.15, -0.1) is 0 Å². The van der Waals surface area contributed by atoms with Crippen LogP contribution in [0.4, 0.5) is 0 Å². The number of hydrogen-bond donors (Lipinski definition) is 2. The van der Waals surface area contributed by atoms with Gasteiger partial charge in [-0.25, -0.2) is 0 Å². The van der Waals surface area contributed by atoms with Crippen molar-refractivity contribution in [2.24, 2.45) is 0 Å². The number of rotatable bonds is 6. The second kappa shape index (κ2) is 6.01. The average molecular weight is 297 g/mol. The van der Waals surface area contributed by atoms with E-state index >= 15 is 0 Å². The molecule has 0 aromatic heterocycles. The van der Waals surface area contributed by atoms with E-state index in [1.807, 2.05) is 0 Å². The summed E-state index contributed by atoms with van der Waals surface area (Å²) in [6.07, 6.45) is 3.33. The highest BCUT2D eigenvalue weighted by molar-refractivity contribution is 5.86. The standard InChI is InChI=1S/C14H23N3O4/c1-14(13(20)21)6-3-7-17(14)9-12(19)16(2)8-11(18)15-10-4-5-10/h10H,3-9H2,1-2H3,(H,15,18)(H,20,21). The van der Waals surface area contributed by atoms with Gasteiger partial charge in [0, 0.05) is 13.1 Å². The number of carbonyl (C=O) groups is 3. The molecule has 0 spiro atoms. The van der Waals surface area contributed by atoms with Gasteiger partial charge in [0.25, 0.3) is 0 Å². The Kier molecular flexibility index (Phi) is 4.51. The Hall–Kier alpha value is -1.63. The van der Waals surface area contributed by atoms with E-state index in [1.165, 1.54) is 4.90 Å². The smallest absolute Gasteiger partial charge is 0.323 e. The highest BCUT2D eigenvalue weighted by Gasteiger charge is 2.44. The first kappa shape index (κ1) is 15.8. The van der Waals surface area contributed by atoms with Gasteiger partial charge in [-0.2, -0.15) is 0 Å². The van der Waals surface area contributed by atoms with Crippen molar-refractivity contribution in [3.63, 3.8) is 0 Å². The van der Waals surface area contributed by atoms with Crippen LogP contribution in [0.25, 0.3) is 0 Å². The lowest BCUT2D eigenvalue weighted by Gasteiger charge is -2.31. The number of amides is 2. The Balaban J connectivity index is 1.84. The Labute approximate surface area is 124 Å². The Morgan fingerprint density at radius 1 is 1.38 bits per heavy atom. The molecule has 0 aromatic rings. The summed E-state index contributed by atoms with van der Waals surface area (Å²) in [5.41, 5.74) is -0.979. The van der Waals surface area contributed by atoms with Crippen LogP contribution in [-0.2, 0) is 14.4 Å². The van der Waals surface area contributed by atoms with E-state index < -0.39 is 11.5 Å². The van der Waals surface area contributed by atoms with Crippen LogP contribution in [0.1, 0.15) is 32.6 Å². The Morgan fingerprint density at radius 2 is 2.05 bits per heavy atom. The van der Waals surface area contributed by atoms with E-state index in [0.29, 0.717) is 13.0 Å². The molecule has 1 unspecified atom stereocenters. The van der Waals surface area contributed by atoms with Crippen molar-refractivity contribution in [1.82, 2.24) is 15.1 Å². The van der Waals surface area contributed by atoms with Crippen LogP contribution >= 0.6 is 0 Å². The summed E-state index contributed by atoms with van der Waals surface area (Å²) in [6.45, 7) is 2.30. The number of likely N-dealkylation sites (N-methyl/N-ethyl adjacent to an activating group) is 1. The average Bonchev–Trinajstić information content (AvgIpc) is 3.12. The molecule has 0 bridgehead atoms. The molecule has 2 rings (SSSR count). The van der Waals surface area contributed by atoms with Crippen LogP contribution < -0.4 is 5.32 Å². The van der Waals surface area contributed by atoms with Crippen molar-refractivity contribution >= 4 is 17.8 Å². The fourth-order valence-electron chi connectivity index (χ4n) is 2.60. The molecule has 1 aliphatic heterocycles. The number of carboxylic acids is 1. The maximum absolute atomic E-state index is 12.2. The second-order valence-electron chi connectivity index (χ2n) is 6.20. The van der Waals surface area contributed by atoms with Gasteiger partial charge in [-0.05, 0) is 39.2 Å². The van der Waals surface area contributed by atoms with Crippen LogP contribution in [0.5, 0.6) is 0 Å². The second-order valence-corrected chi connectivity index (χ2v) is 6.20. The molecule has 1 atom stereocenters. The van der Waals surface area contributed by atoms with E-state index in [-0.39, 0.29) is 30.9 Å². The third-order valence-corrected chi connectivity index (χ3v) is 4.33. The number of carbonyl (C=O) groups excluding carboxylic acids is 2. The largest absolute Gasteiger partial charge is 0.480 e. The summed E-state index contributed by atoms with van der Waals surface area (Å²) >= 11 is 0. The third kappa shape index (κ3) is 3.72. The summed E-state index contributed by atoms with van der Waals surface area (Å²) in [6, 6.07) is 0.273. The first-order valence-corrected chi connectivity index (χ1v) is 7.34. The van der Waals surface area contributed by atoms with E-state index in [2.05, 4.69) is 5.32 Å². The quantitative estimate of drug-likeness (QED) is 0.700. The van der Waals surface area contributed by atoms with Crippen LogP contribution in [0, 0.1) is 0 Å². The van der Waals surface area contributed by atoms with Crippen molar-refractivity contribution in [3.8, 4) is 0 Å². The van der Waals surface area contributed by atoms with Crippen LogP contribution in [0.3, 0.4) is 0 Å². The summed E-state index contributed by atoms with van der Waals surface area (Å²) in [7, 11) is 1.57. The molecule has 2 fully saturated rings. The summed E-state index contributed by atoms with van der Waals surface area (Å²) in [4.78, 5) is 38.2. The van der Waals surface area contributed by atoms with Gasteiger partial charge < -0.3 is 15.3 Å². The summed E-state index contributed by atoms with van der Waals surface area (Å²) in [5, 5.41) is 12.1. The van der Waals surface area contributed by atoms with Gasteiger partial charge in [-0.3, -0.25) is 19.3 Å². The number of nitrogens with one attached hydrogen (secondary N) is 1. The fourth-order valence-corrected chi connectivity index (χ4v) is 2.60. The van der Waals surface area contributed by atoms with Crippen molar-refractivity contribution in [2.45, 2.75) is 44.2 Å². The summed E-state index contributed by atoms with van der Waals surface area (Å²) in [5.74, 6) is -1.28. The highest BCUT2D eigenvalue weighted by Crippen LogP contribution is 2.28. The molecule has 1 saturated heterocycles. The molecule has 2 aliphatic rings. The van der Waals surface area contributed by atoms with Crippen molar-refractivity contribution in [1.29, 1.82) is 0 Å². The van der Waals surface area contributed by atoms with E-state index in [0.717, 1.165) is 19.3 Å². The number of hydrogen-bond acceptors (Lipinski definition) is 4. The molecule has 7 nitrogen and oxygen atoms in total. The molecule has 2 amide bonds. The number of nitrogens with zero attached hydrogens (tertiary/aromatic N) is 2. The SMILES string of the molecule is CN(CC(=O)NC1CC1)C(=O)CN1CCCC1(C)C(=O)O. The first-order chi connectivity index (χ1) is 9.83. The predicted molar refractivity (Wildman–Crippen MR) is 75.6 cm³/mol. The zero-order valence-electron chi connectivity index (χ0n) is 12.6. The lowest BCUT2D eigenvalue weighted by Crippen LogP contribution is -2.52. The predicted octanol–water partition coefficient (Wildman–Crippen LogP) is -0.337. The topological polar surface area (TPSA) is 90.0 Å². The molecular formula is C14H23N3O4. The van der Waals surface area contributed by atoms with Gasteiger partial charge in [0.05, 0.1) is 13.1 Å². The molecule has 2 N–H and O–H groups in total. The monoisotopic (exact) mass is 297 g/mol. The molecular weight excluding hydrogens is 274 g/mol. The van der Waals surface area contributed by atoms with Crippen LogP contribution in [0.2, 0.25) is 0 Å². The molecule has 1 saturated carbocycles. The molecule has 118 valence electrons. The summed E-state index contributed by atoms with van der Waals surface area (Å²) < 4.78 is 0. The lowest BCUT2D eigenvalue weighted by molar-refractivity contribution is -0.150. The minimum absolute atomic E-state index is 0.0208. The van der Waals surface area contributed by atoms with E-state index in [4.69, 9.17) is 0 Å². The van der Waals surface area contributed by atoms with Gasteiger partial charge in [0.2, 0.25) is 11.8 Å². The van der Waals surface area contributed by atoms with Crippen LogP contribution in [-0.4, -0.2) is 71.0 Å². The molecule has 0 radical (unpaired) electrons. The number of carboxylic acid groups (broad SMARTS) is 1. The van der Waals surface area contributed by atoms with Crippen molar-refractivity contribution < 1.29 is 19.5 Å². The molecule has 21 heavy (non-hydrogen) atoms. The number of likely N-dealkylation sites (tertiary alicyclic amines) is 1.